The average Bonchev–Trinajstić information content (AvgIpc) is 2.95. The van der Waals surface area contributed by atoms with Gasteiger partial charge in [-0.3, -0.25) is 4.79 Å². The van der Waals surface area contributed by atoms with Gasteiger partial charge in [-0.1, -0.05) is 32.1 Å². The van der Waals surface area contributed by atoms with Crippen molar-refractivity contribution in [1.29, 1.82) is 0 Å². The lowest BCUT2D eigenvalue weighted by Gasteiger charge is -2.27. The van der Waals surface area contributed by atoms with Gasteiger partial charge in [0, 0.05) is 23.4 Å². The third-order valence-corrected chi connectivity index (χ3v) is 7.76. The maximum Gasteiger partial charge on any atom is 0.419 e. The number of allylic oxidation sites excluding steroid dienone is 2. The van der Waals surface area contributed by atoms with Crippen LogP contribution >= 0.6 is 0 Å². The number of methoxy groups -OCH3 is 1. The molecule has 1 aromatic carbocycles. The number of anilines is 3. The topological polar surface area (TPSA) is 90.9 Å². The maximum atomic E-state index is 14.3. The summed E-state index contributed by atoms with van der Waals surface area (Å²) in [6.07, 6.45) is 4.04. The Labute approximate surface area is 257 Å². The molecule has 0 bridgehead atoms. The summed E-state index contributed by atoms with van der Waals surface area (Å²) >= 11 is 0. The molecule has 3 N–H and O–H groups in total. The number of aryl methyl sites for hydroxylation is 1. The van der Waals surface area contributed by atoms with Crippen LogP contribution in [0, 0.1) is 6.92 Å². The van der Waals surface area contributed by atoms with Crippen molar-refractivity contribution in [2.75, 3.05) is 42.7 Å². The van der Waals surface area contributed by atoms with Gasteiger partial charge in [0.15, 0.2) is 0 Å². The second-order valence-corrected chi connectivity index (χ2v) is 11.0. The van der Waals surface area contributed by atoms with Crippen LogP contribution in [0.15, 0.2) is 71.5 Å². The Hall–Kier alpha value is -4.12. The van der Waals surface area contributed by atoms with Crippen molar-refractivity contribution in [3.8, 4) is 5.88 Å². The van der Waals surface area contributed by atoms with Crippen molar-refractivity contribution in [2.24, 2.45) is 4.99 Å². The van der Waals surface area contributed by atoms with E-state index in [1.54, 1.807) is 37.5 Å². The molecule has 236 valence electrons. The molecule has 44 heavy (non-hydrogen) atoms. The Morgan fingerprint density at radius 3 is 2.61 bits per heavy atom. The van der Waals surface area contributed by atoms with Gasteiger partial charge in [0.25, 0.3) is 0 Å². The molecular formula is C33H41F3N6O2. The van der Waals surface area contributed by atoms with Gasteiger partial charge in [-0.05, 0) is 94.6 Å². The minimum Gasteiger partial charge on any atom is -0.481 e. The molecule has 8 nitrogen and oxygen atoms in total. The highest BCUT2D eigenvalue weighted by Gasteiger charge is 2.37. The predicted molar refractivity (Wildman–Crippen MR) is 170 cm³/mol. The molecule has 0 aliphatic carbocycles. The Morgan fingerprint density at radius 2 is 1.89 bits per heavy atom. The summed E-state index contributed by atoms with van der Waals surface area (Å²) in [4.78, 5) is 23.7. The van der Waals surface area contributed by atoms with E-state index in [1.165, 1.54) is 0 Å². The quantitative estimate of drug-likeness (QED) is 0.268. The number of likely N-dealkylation sites (tertiary alicyclic amines) is 1. The molecule has 11 heteroatoms. The number of halogens is 3. The maximum absolute atomic E-state index is 14.3. The van der Waals surface area contributed by atoms with E-state index in [-0.39, 0.29) is 23.8 Å². The number of nitrogens with one attached hydrogen (secondary N) is 3. The van der Waals surface area contributed by atoms with E-state index in [4.69, 9.17) is 9.72 Å². The van der Waals surface area contributed by atoms with E-state index in [0.29, 0.717) is 23.7 Å². The van der Waals surface area contributed by atoms with Crippen molar-refractivity contribution in [2.45, 2.75) is 64.5 Å². The molecule has 0 saturated carbocycles. The zero-order chi connectivity index (χ0) is 31.7. The predicted octanol–water partition coefficient (Wildman–Crippen LogP) is 7.55. The van der Waals surface area contributed by atoms with Crippen LogP contribution in [0.1, 0.15) is 62.6 Å². The molecule has 2 aromatic rings. The van der Waals surface area contributed by atoms with Gasteiger partial charge in [-0.2, -0.15) is 13.2 Å². The van der Waals surface area contributed by atoms with Crippen LogP contribution in [-0.4, -0.2) is 54.5 Å². The van der Waals surface area contributed by atoms with Crippen LogP contribution in [0.25, 0.3) is 0 Å². The minimum absolute atomic E-state index is 0.162. The summed E-state index contributed by atoms with van der Waals surface area (Å²) in [5.74, 6) is 0.0278. The molecule has 0 radical (unpaired) electrons. The largest absolute Gasteiger partial charge is 0.481 e. The number of aromatic nitrogens is 1. The molecule has 0 unspecified atom stereocenters. The van der Waals surface area contributed by atoms with Crippen molar-refractivity contribution < 1.29 is 22.7 Å². The first-order chi connectivity index (χ1) is 21.1. The van der Waals surface area contributed by atoms with E-state index >= 15 is 0 Å². The third-order valence-electron chi connectivity index (χ3n) is 7.76. The van der Waals surface area contributed by atoms with Gasteiger partial charge < -0.3 is 25.6 Å². The van der Waals surface area contributed by atoms with Gasteiger partial charge in [-0.25, -0.2) is 9.98 Å². The summed E-state index contributed by atoms with van der Waals surface area (Å²) in [5, 5.41) is 8.73. The van der Waals surface area contributed by atoms with E-state index in [9.17, 15) is 18.0 Å². The number of pyridine rings is 1. The number of amidine groups is 1. The fourth-order valence-electron chi connectivity index (χ4n) is 5.37. The molecular weight excluding hydrogens is 569 g/mol. The lowest BCUT2D eigenvalue weighted by Crippen LogP contribution is -2.28. The number of aliphatic imine (C=N–C) groups is 1. The Kier molecular flexibility index (Phi) is 11.2. The number of hydrogen-bond acceptors (Lipinski definition) is 7. The number of carbonyl (C=O) groups is 1. The first-order valence-corrected chi connectivity index (χ1v) is 15.0. The Balaban J connectivity index is 1.69. The number of carbonyl (C=O) groups excluding carboxylic acids is 1. The standard InChI is InChI=1S/C33H41F3N6O2/c1-5-30(43)38-28-19-22(3)14-15-26(28)40-32-25(33(34,35)36)12-7-8-13-29(41-32)37-24-20-27(39-31(21-24)44-4)23-11-9-10-17-42(6-2)18-16-23/h5,12-15,19-21,23H,1,6-11,16-18H2,2-4H3,(H,37,39)(H,38,43)(H,40,41)/b25-12?,29-13+/t23-/m0/s1. The summed E-state index contributed by atoms with van der Waals surface area (Å²) < 4.78 is 48.5. The second kappa shape index (κ2) is 15.1. The molecule has 1 saturated heterocycles. The summed E-state index contributed by atoms with van der Waals surface area (Å²) in [6.45, 7) is 10.5. The molecule has 1 atom stereocenters. The molecule has 1 amide bonds. The van der Waals surface area contributed by atoms with Gasteiger partial charge in [-0.15, -0.1) is 0 Å². The molecule has 1 aromatic heterocycles. The molecule has 3 heterocycles. The Bertz CT molecular complexity index is 1430. The summed E-state index contributed by atoms with van der Waals surface area (Å²) in [5.41, 5.74) is 2.01. The van der Waals surface area contributed by atoms with Crippen molar-refractivity contribution in [1.82, 2.24) is 9.88 Å². The SMILES string of the molecule is C=CC(=O)Nc1cc(C)ccc1NC1=N/C(Nc2cc(OC)nc([C@H]3CCCCN(CC)CC3)c2)=C/CCC=C1C(F)(F)F. The van der Waals surface area contributed by atoms with Crippen LogP contribution in [0.2, 0.25) is 0 Å². The first-order valence-electron chi connectivity index (χ1n) is 15.0. The smallest absolute Gasteiger partial charge is 0.419 e. The lowest BCUT2D eigenvalue weighted by atomic mass is 9.92. The van der Waals surface area contributed by atoms with Gasteiger partial charge >= 0.3 is 6.18 Å². The lowest BCUT2D eigenvalue weighted by molar-refractivity contribution is -0.111. The number of ether oxygens (including phenoxy) is 1. The van der Waals surface area contributed by atoms with Crippen LogP contribution in [0.5, 0.6) is 5.88 Å². The van der Waals surface area contributed by atoms with E-state index < -0.39 is 23.5 Å². The second-order valence-electron chi connectivity index (χ2n) is 11.0. The van der Waals surface area contributed by atoms with Crippen molar-refractivity contribution >= 4 is 28.8 Å². The molecule has 1 fully saturated rings. The number of hydrogen-bond donors (Lipinski definition) is 3. The molecule has 2 aliphatic heterocycles. The van der Waals surface area contributed by atoms with E-state index in [1.807, 2.05) is 13.0 Å². The van der Waals surface area contributed by atoms with Crippen LogP contribution < -0.4 is 20.7 Å². The van der Waals surface area contributed by atoms with E-state index in [0.717, 1.165) is 68.7 Å². The molecule has 2 aliphatic rings. The van der Waals surface area contributed by atoms with Gasteiger partial charge in [0.05, 0.1) is 24.1 Å². The highest BCUT2D eigenvalue weighted by atomic mass is 19.4. The van der Waals surface area contributed by atoms with Crippen LogP contribution in [0.4, 0.5) is 30.2 Å². The van der Waals surface area contributed by atoms with Crippen LogP contribution in [-0.2, 0) is 4.79 Å². The molecule has 0 spiro atoms. The molecule has 4 rings (SSSR count). The number of alkyl halides is 3. The third kappa shape index (κ3) is 8.95. The van der Waals surface area contributed by atoms with Gasteiger partial charge in [0.2, 0.25) is 11.8 Å². The summed E-state index contributed by atoms with van der Waals surface area (Å²) in [7, 11) is 1.55. The number of amides is 1. The number of rotatable bonds is 8. The Morgan fingerprint density at radius 1 is 1.09 bits per heavy atom. The minimum atomic E-state index is -4.67. The van der Waals surface area contributed by atoms with Crippen molar-refractivity contribution in [3.05, 3.63) is 77.8 Å². The fraction of sp³-hybridized carbons (Fsp3) is 0.424. The average molecular weight is 611 g/mol. The van der Waals surface area contributed by atoms with E-state index in [2.05, 4.69) is 39.3 Å². The fourth-order valence-corrected chi connectivity index (χ4v) is 5.37. The monoisotopic (exact) mass is 610 g/mol. The zero-order valence-corrected chi connectivity index (χ0v) is 25.6. The first kappa shape index (κ1) is 32.8. The summed E-state index contributed by atoms with van der Waals surface area (Å²) in [6, 6.07) is 8.67. The van der Waals surface area contributed by atoms with Crippen LogP contribution in [0.3, 0.4) is 0 Å². The number of benzene rings is 1. The highest BCUT2D eigenvalue weighted by Crippen LogP contribution is 2.34. The highest BCUT2D eigenvalue weighted by molar-refractivity contribution is 6.12. The van der Waals surface area contributed by atoms with Gasteiger partial charge in [0.1, 0.15) is 11.7 Å². The van der Waals surface area contributed by atoms with Crippen molar-refractivity contribution in [3.63, 3.8) is 0 Å². The normalized spacial score (nSPS) is 19.5. The number of nitrogens with zero attached hydrogens (tertiary/aromatic N) is 3. The zero-order valence-electron chi connectivity index (χ0n) is 25.6.